The third kappa shape index (κ3) is 4.00. The van der Waals surface area contributed by atoms with Gasteiger partial charge in [0.15, 0.2) is 11.6 Å². The van der Waals surface area contributed by atoms with Crippen LogP contribution in [0.5, 0.6) is 0 Å². The van der Waals surface area contributed by atoms with Crippen molar-refractivity contribution in [3.8, 4) is 17.2 Å². The van der Waals surface area contributed by atoms with Gasteiger partial charge in [-0.1, -0.05) is 41.9 Å². The van der Waals surface area contributed by atoms with E-state index in [4.69, 9.17) is 11.6 Å². The Labute approximate surface area is 172 Å². The van der Waals surface area contributed by atoms with Crippen LogP contribution in [0, 0.1) is 13.8 Å². The van der Waals surface area contributed by atoms with E-state index in [1.165, 1.54) is 0 Å². The SMILES string of the molecule is Cc1cc(C)n(-c2ccc(Cl)c(C(=O)Nc3cnc(-c4ccccc4)nc3)n2)n1. The van der Waals surface area contributed by atoms with Gasteiger partial charge in [0.25, 0.3) is 5.91 Å². The lowest BCUT2D eigenvalue weighted by atomic mass is 10.2. The Bertz CT molecular complexity index is 1170. The number of carbonyl (C=O) groups excluding carboxylic acids is 1. The van der Waals surface area contributed by atoms with E-state index in [0.717, 1.165) is 17.0 Å². The quantitative estimate of drug-likeness (QED) is 0.549. The fourth-order valence-corrected chi connectivity index (χ4v) is 3.08. The highest BCUT2D eigenvalue weighted by Gasteiger charge is 2.16. The molecule has 4 aromatic rings. The molecule has 3 heterocycles. The highest BCUT2D eigenvalue weighted by molar-refractivity contribution is 6.34. The Balaban J connectivity index is 1.57. The lowest BCUT2D eigenvalue weighted by molar-refractivity contribution is 0.102. The highest BCUT2D eigenvalue weighted by atomic mass is 35.5. The summed E-state index contributed by atoms with van der Waals surface area (Å²) in [6.07, 6.45) is 3.10. The number of rotatable bonds is 4. The van der Waals surface area contributed by atoms with E-state index in [2.05, 4.69) is 25.4 Å². The van der Waals surface area contributed by atoms with Crippen LogP contribution < -0.4 is 5.32 Å². The van der Waals surface area contributed by atoms with Crippen LogP contribution >= 0.6 is 11.6 Å². The Morgan fingerprint density at radius 3 is 2.41 bits per heavy atom. The molecule has 0 saturated heterocycles. The maximum absolute atomic E-state index is 12.7. The van der Waals surface area contributed by atoms with Crippen LogP contribution in [0.2, 0.25) is 5.02 Å². The lowest BCUT2D eigenvalue weighted by Gasteiger charge is -2.09. The molecule has 8 heteroatoms. The largest absolute Gasteiger partial charge is 0.318 e. The minimum atomic E-state index is -0.450. The molecule has 4 rings (SSSR count). The molecule has 0 fully saturated rings. The first kappa shape index (κ1) is 18.8. The number of carbonyl (C=O) groups is 1. The van der Waals surface area contributed by atoms with E-state index in [1.807, 2.05) is 50.2 Å². The molecule has 0 saturated carbocycles. The topological polar surface area (TPSA) is 85.6 Å². The molecule has 1 amide bonds. The maximum atomic E-state index is 12.7. The van der Waals surface area contributed by atoms with Crippen LogP contribution in [0.4, 0.5) is 5.69 Å². The molecule has 0 aliphatic rings. The number of nitrogens with zero attached hydrogens (tertiary/aromatic N) is 5. The summed E-state index contributed by atoms with van der Waals surface area (Å²) in [5.41, 5.74) is 3.22. The van der Waals surface area contributed by atoms with Crippen LogP contribution in [0.15, 0.2) is 60.9 Å². The number of amides is 1. The van der Waals surface area contributed by atoms with Gasteiger partial charge in [-0.3, -0.25) is 4.79 Å². The molecule has 0 aliphatic carbocycles. The number of hydrogen-bond acceptors (Lipinski definition) is 5. The van der Waals surface area contributed by atoms with Crippen molar-refractivity contribution >= 4 is 23.2 Å². The zero-order valence-corrected chi connectivity index (χ0v) is 16.6. The Morgan fingerprint density at radius 1 is 1.03 bits per heavy atom. The smallest absolute Gasteiger partial charge is 0.275 e. The zero-order chi connectivity index (χ0) is 20.4. The second-order valence-corrected chi connectivity index (χ2v) is 6.86. The summed E-state index contributed by atoms with van der Waals surface area (Å²) < 4.78 is 1.67. The number of aromatic nitrogens is 5. The first-order valence-corrected chi connectivity index (χ1v) is 9.28. The summed E-state index contributed by atoms with van der Waals surface area (Å²) in [5, 5.41) is 7.37. The van der Waals surface area contributed by atoms with Crippen molar-refractivity contribution in [3.63, 3.8) is 0 Å². The summed E-state index contributed by atoms with van der Waals surface area (Å²) in [5.74, 6) is 0.640. The van der Waals surface area contributed by atoms with Crippen LogP contribution in [-0.2, 0) is 0 Å². The minimum absolute atomic E-state index is 0.101. The van der Waals surface area contributed by atoms with Gasteiger partial charge in [0.2, 0.25) is 0 Å². The fourth-order valence-electron chi connectivity index (χ4n) is 2.89. The average Bonchev–Trinajstić information content (AvgIpc) is 3.07. The zero-order valence-electron chi connectivity index (χ0n) is 15.8. The number of aryl methyl sites for hydroxylation is 2. The molecule has 7 nitrogen and oxygen atoms in total. The molecule has 29 heavy (non-hydrogen) atoms. The standard InChI is InChI=1S/C21H17ClN6O/c1-13-10-14(2)28(27-13)18-9-8-17(22)19(26-18)21(29)25-16-11-23-20(24-12-16)15-6-4-3-5-7-15/h3-12H,1-2H3,(H,25,29). The van der Waals surface area contributed by atoms with Crippen molar-refractivity contribution < 1.29 is 4.79 Å². The molecular formula is C21H17ClN6O. The van der Waals surface area contributed by atoms with E-state index in [9.17, 15) is 4.79 Å². The molecule has 1 N–H and O–H groups in total. The van der Waals surface area contributed by atoms with Gasteiger partial charge in [-0.25, -0.2) is 19.6 Å². The van der Waals surface area contributed by atoms with Crippen LogP contribution in [0.1, 0.15) is 21.9 Å². The Morgan fingerprint density at radius 2 is 1.76 bits per heavy atom. The van der Waals surface area contributed by atoms with Gasteiger partial charge in [-0.15, -0.1) is 0 Å². The fraction of sp³-hybridized carbons (Fsp3) is 0.0952. The van der Waals surface area contributed by atoms with Crippen molar-refractivity contribution in [1.29, 1.82) is 0 Å². The van der Waals surface area contributed by atoms with Crippen molar-refractivity contribution in [3.05, 3.63) is 83.0 Å². The second kappa shape index (κ2) is 7.81. The van der Waals surface area contributed by atoms with Crippen molar-refractivity contribution in [1.82, 2.24) is 24.7 Å². The molecule has 0 aliphatic heterocycles. The predicted molar refractivity (Wildman–Crippen MR) is 111 cm³/mol. The third-order valence-corrected chi connectivity index (χ3v) is 4.52. The van der Waals surface area contributed by atoms with Gasteiger partial charge in [0.1, 0.15) is 5.69 Å². The number of pyridine rings is 1. The molecular weight excluding hydrogens is 388 g/mol. The van der Waals surface area contributed by atoms with Crippen molar-refractivity contribution in [2.24, 2.45) is 0 Å². The molecule has 0 bridgehead atoms. The highest BCUT2D eigenvalue weighted by Crippen LogP contribution is 2.20. The van der Waals surface area contributed by atoms with E-state index < -0.39 is 5.91 Å². The summed E-state index contributed by atoms with van der Waals surface area (Å²) in [6.45, 7) is 3.81. The van der Waals surface area contributed by atoms with Gasteiger partial charge < -0.3 is 5.32 Å². The number of anilines is 1. The lowest BCUT2D eigenvalue weighted by Crippen LogP contribution is -2.16. The molecule has 0 unspecified atom stereocenters. The Hall–Kier alpha value is -3.58. The van der Waals surface area contributed by atoms with Crippen molar-refractivity contribution in [2.75, 3.05) is 5.32 Å². The second-order valence-electron chi connectivity index (χ2n) is 6.45. The van der Waals surface area contributed by atoms with Gasteiger partial charge in [-0.05, 0) is 32.0 Å². The molecule has 144 valence electrons. The van der Waals surface area contributed by atoms with E-state index in [-0.39, 0.29) is 10.7 Å². The van der Waals surface area contributed by atoms with Crippen molar-refractivity contribution in [2.45, 2.75) is 13.8 Å². The third-order valence-electron chi connectivity index (χ3n) is 4.21. The van der Waals surface area contributed by atoms with Crippen LogP contribution in [0.25, 0.3) is 17.2 Å². The molecule has 0 radical (unpaired) electrons. The van der Waals surface area contributed by atoms with Gasteiger partial charge in [-0.2, -0.15) is 5.10 Å². The van der Waals surface area contributed by atoms with E-state index in [0.29, 0.717) is 17.3 Å². The Kier molecular flexibility index (Phi) is 5.05. The van der Waals surface area contributed by atoms with Gasteiger partial charge in [0.05, 0.1) is 28.8 Å². The van der Waals surface area contributed by atoms with Gasteiger partial charge in [0, 0.05) is 11.3 Å². The summed E-state index contributed by atoms with van der Waals surface area (Å²) in [4.78, 5) is 25.7. The number of benzene rings is 1. The van der Waals surface area contributed by atoms with Crippen LogP contribution in [-0.4, -0.2) is 30.6 Å². The number of hydrogen-bond donors (Lipinski definition) is 1. The number of halogens is 1. The summed E-state index contributed by atoms with van der Waals surface area (Å²) in [7, 11) is 0. The van der Waals surface area contributed by atoms with Gasteiger partial charge >= 0.3 is 0 Å². The monoisotopic (exact) mass is 404 g/mol. The van der Waals surface area contributed by atoms with E-state index in [1.54, 1.807) is 29.2 Å². The molecule has 0 spiro atoms. The molecule has 3 aromatic heterocycles. The molecule has 1 aromatic carbocycles. The van der Waals surface area contributed by atoms with E-state index >= 15 is 0 Å². The predicted octanol–water partition coefficient (Wildman–Crippen LogP) is 4.25. The number of nitrogens with one attached hydrogen (secondary N) is 1. The summed E-state index contributed by atoms with van der Waals surface area (Å²) in [6, 6.07) is 14.9. The first-order valence-electron chi connectivity index (χ1n) is 8.90. The molecule has 0 atom stereocenters. The summed E-state index contributed by atoms with van der Waals surface area (Å²) >= 11 is 6.21. The van der Waals surface area contributed by atoms with Crippen LogP contribution in [0.3, 0.4) is 0 Å². The average molecular weight is 405 g/mol. The first-order chi connectivity index (χ1) is 14.0. The maximum Gasteiger partial charge on any atom is 0.275 e. The minimum Gasteiger partial charge on any atom is -0.318 e. The normalized spacial score (nSPS) is 10.7.